The topological polar surface area (TPSA) is 75.5 Å². The second-order valence-electron chi connectivity index (χ2n) is 5.37. The van der Waals surface area contributed by atoms with E-state index < -0.39 is 0 Å². The number of pyridine rings is 1. The molecule has 0 aliphatic carbocycles. The number of benzene rings is 1. The fourth-order valence-electron chi connectivity index (χ4n) is 2.60. The maximum Gasteiger partial charge on any atom is 0.279 e. The summed E-state index contributed by atoms with van der Waals surface area (Å²) in [6.45, 7) is 1.10. The van der Waals surface area contributed by atoms with Crippen molar-refractivity contribution in [2.45, 2.75) is 6.54 Å². The standard InChI is InChI=1S/C17H15N3O4/c1-22-7-6-20-9-18-13-4-3-12(19-16(13)17(20)21)11-2-5-14-15(8-11)24-10-23-14/h2-5,8-9H,6-7,10H2,1H3. The van der Waals surface area contributed by atoms with E-state index in [1.54, 1.807) is 13.2 Å². The number of methoxy groups -OCH3 is 1. The van der Waals surface area contributed by atoms with Gasteiger partial charge in [-0.3, -0.25) is 9.36 Å². The van der Waals surface area contributed by atoms with Gasteiger partial charge in [-0.1, -0.05) is 0 Å². The molecule has 0 bridgehead atoms. The van der Waals surface area contributed by atoms with Gasteiger partial charge in [-0.05, 0) is 30.3 Å². The fourth-order valence-corrected chi connectivity index (χ4v) is 2.60. The Bertz CT molecular complexity index is 968. The summed E-state index contributed by atoms with van der Waals surface area (Å²) in [5.74, 6) is 1.39. The molecule has 2 aromatic heterocycles. The lowest BCUT2D eigenvalue weighted by molar-refractivity contribution is 0.174. The van der Waals surface area contributed by atoms with E-state index in [2.05, 4.69) is 9.97 Å². The first-order chi connectivity index (χ1) is 11.8. The quantitative estimate of drug-likeness (QED) is 0.728. The van der Waals surface area contributed by atoms with E-state index >= 15 is 0 Å². The minimum atomic E-state index is -0.181. The van der Waals surface area contributed by atoms with E-state index in [0.29, 0.717) is 41.4 Å². The van der Waals surface area contributed by atoms with Gasteiger partial charge in [0.1, 0.15) is 0 Å². The summed E-state index contributed by atoms with van der Waals surface area (Å²) in [5.41, 5.74) is 2.26. The van der Waals surface area contributed by atoms with Crippen LogP contribution in [0.1, 0.15) is 0 Å². The molecule has 1 aliphatic heterocycles. The molecule has 7 nitrogen and oxygen atoms in total. The van der Waals surface area contributed by atoms with Crippen LogP contribution in [-0.2, 0) is 11.3 Å². The number of nitrogens with zero attached hydrogens (tertiary/aromatic N) is 3. The van der Waals surface area contributed by atoms with Gasteiger partial charge in [-0.15, -0.1) is 0 Å². The van der Waals surface area contributed by atoms with Crippen molar-refractivity contribution < 1.29 is 14.2 Å². The third-order valence-corrected chi connectivity index (χ3v) is 3.88. The second kappa shape index (κ2) is 5.93. The molecule has 0 saturated carbocycles. The summed E-state index contributed by atoms with van der Waals surface area (Å²) in [5, 5.41) is 0. The van der Waals surface area contributed by atoms with Crippen LogP contribution in [0.2, 0.25) is 0 Å². The molecule has 4 rings (SSSR count). The summed E-state index contributed by atoms with van der Waals surface area (Å²) in [6, 6.07) is 9.22. The largest absolute Gasteiger partial charge is 0.454 e. The van der Waals surface area contributed by atoms with Crippen LogP contribution in [0.5, 0.6) is 11.5 Å². The first kappa shape index (κ1) is 14.6. The molecule has 0 saturated heterocycles. The predicted octanol–water partition coefficient (Wildman–Crippen LogP) is 1.83. The average molecular weight is 325 g/mol. The van der Waals surface area contributed by atoms with Crippen molar-refractivity contribution in [3.63, 3.8) is 0 Å². The molecule has 7 heteroatoms. The number of fused-ring (bicyclic) bond motifs is 2. The Hall–Kier alpha value is -2.93. The van der Waals surface area contributed by atoms with Crippen molar-refractivity contribution in [2.24, 2.45) is 0 Å². The van der Waals surface area contributed by atoms with Crippen LogP contribution in [0.3, 0.4) is 0 Å². The van der Waals surface area contributed by atoms with Gasteiger partial charge in [-0.25, -0.2) is 9.97 Å². The van der Waals surface area contributed by atoms with Crippen LogP contribution in [-0.4, -0.2) is 35.0 Å². The number of ether oxygens (including phenoxy) is 3. The highest BCUT2D eigenvalue weighted by molar-refractivity contribution is 5.77. The van der Waals surface area contributed by atoms with Crippen LogP contribution < -0.4 is 15.0 Å². The van der Waals surface area contributed by atoms with Gasteiger partial charge in [0.15, 0.2) is 17.0 Å². The lowest BCUT2D eigenvalue weighted by atomic mass is 10.1. The highest BCUT2D eigenvalue weighted by Gasteiger charge is 2.15. The second-order valence-corrected chi connectivity index (χ2v) is 5.37. The molecular formula is C17H15N3O4. The van der Waals surface area contributed by atoms with Crippen LogP contribution in [0, 0.1) is 0 Å². The van der Waals surface area contributed by atoms with Gasteiger partial charge < -0.3 is 14.2 Å². The summed E-state index contributed by atoms with van der Waals surface area (Å²) >= 11 is 0. The Balaban J connectivity index is 1.79. The van der Waals surface area contributed by atoms with Crippen molar-refractivity contribution >= 4 is 11.0 Å². The third kappa shape index (κ3) is 2.48. The normalized spacial score (nSPS) is 12.7. The first-order valence-electron chi connectivity index (χ1n) is 7.51. The summed E-state index contributed by atoms with van der Waals surface area (Å²) in [4.78, 5) is 21.4. The van der Waals surface area contributed by atoms with Crippen LogP contribution in [0.4, 0.5) is 0 Å². The number of aromatic nitrogens is 3. The molecule has 1 aliphatic rings. The van der Waals surface area contributed by atoms with Crippen molar-refractivity contribution in [1.29, 1.82) is 0 Å². The minimum absolute atomic E-state index is 0.181. The predicted molar refractivity (Wildman–Crippen MR) is 87.2 cm³/mol. The maximum absolute atomic E-state index is 12.6. The molecule has 1 aromatic carbocycles. The molecular weight excluding hydrogens is 310 g/mol. The zero-order chi connectivity index (χ0) is 16.5. The lowest BCUT2D eigenvalue weighted by Gasteiger charge is -2.07. The van der Waals surface area contributed by atoms with Gasteiger partial charge in [-0.2, -0.15) is 0 Å². The zero-order valence-corrected chi connectivity index (χ0v) is 13.1. The Labute approximate surface area is 137 Å². The summed E-state index contributed by atoms with van der Waals surface area (Å²) in [7, 11) is 1.59. The van der Waals surface area contributed by atoms with E-state index in [-0.39, 0.29) is 12.4 Å². The van der Waals surface area contributed by atoms with E-state index in [9.17, 15) is 4.79 Å². The highest BCUT2D eigenvalue weighted by Crippen LogP contribution is 2.35. The van der Waals surface area contributed by atoms with Crippen molar-refractivity contribution in [2.75, 3.05) is 20.5 Å². The van der Waals surface area contributed by atoms with Crippen molar-refractivity contribution in [1.82, 2.24) is 14.5 Å². The highest BCUT2D eigenvalue weighted by atomic mass is 16.7. The molecule has 0 atom stereocenters. The minimum Gasteiger partial charge on any atom is -0.454 e. The maximum atomic E-state index is 12.6. The van der Waals surface area contributed by atoms with Crippen molar-refractivity contribution in [3.8, 4) is 22.8 Å². The van der Waals surface area contributed by atoms with Crippen molar-refractivity contribution in [3.05, 3.63) is 47.0 Å². The monoisotopic (exact) mass is 325 g/mol. The van der Waals surface area contributed by atoms with Gasteiger partial charge in [0, 0.05) is 12.7 Å². The smallest absolute Gasteiger partial charge is 0.279 e. The third-order valence-electron chi connectivity index (χ3n) is 3.88. The molecule has 122 valence electrons. The van der Waals surface area contributed by atoms with Gasteiger partial charge in [0.25, 0.3) is 5.56 Å². The molecule has 3 heterocycles. The SMILES string of the molecule is COCCn1cnc2ccc(-c3ccc4c(c3)OCO4)nc2c1=O. The van der Waals surface area contributed by atoms with Crippen LogP contribution in [0.15, 0.2) is 41.5 Å². The number of hydrogen-bond donors (Lipinski definition) is 0. The zero-order valence-electron chi connectivity index (χ0n) is 13.1. The van der Waals surface area contributed by atoms with E-state index in [4.69, 9.17) is 14.2 Å². The summed E-state index contributed by atoms with van der Waals surface area (Å²) < 4.78 is 17.2. The molecule has 0 fully saturated rings. The fraction of sp³-hybridized carbons (Fsp3) is 0.235. The molecule has 3 aromatic rings. The molecule has 0 unspecified atom stereocenters. The molecule has 0 radical (unpaired) electrons. The first-order valence-corrected chi connectivity index (χ1v) is 7.51. The van der Waals surface area contributed by atoms with E-state index in [1.807, 2.05) is 24.3 Å². The Morgan fingerprint density at radius 3 is 2.96 bits per heavy atom. The van der Waals surface area contributed by atoms with Crippen LogP contribution in [0.25, 0.3) is 22.3 Å². The Kier molecular flexibility index (Phi) is 3.62. The van der Waals surface area contributed by atoms with E-state index in [0.717, 1.165) is 5.56 Å². The Morgan fingerprint density at radius 2 is 2.08 bits per heavy atom. The molecule has 0 spiro atoms. The summed E-state index contributed by atoms with van der Waals surface area (Å²) in [6.07, 6.45) is 1.52. The molecule has 0 amide bonds. The van der Waals surface area contributed by atoms with Gasteiger partial charge >= 0.3 is 0 Å². The molecule has 0 N–H and O–H groups in total. The Morgan fingerprint density at radius 1 is 1.21 bits per heavy atom. The molecule has 24 heavy (non-hydrogen) atoms. The van der Waals surface area contributed by atoms with Crippen LogP contribution >= 0.6 is 0 Å². The average Bonchev–Trinajstić information content (AvgIpc) is 3.09. The van der Waals surface area contributed by atoms with Gasteiger partial charge in [0.05, 0.1) is 30.7 Å². The van der Waals surface area contributed by atoms with E-state index in [1.165, 1.54) is 10.9 Å². The number of hydrogen-bond acceptors (Lipinski definition) is 6. The lowest BCUT2D eigenvalue weighted by Crippen LogP contribution is -2.23. The van der Waals surface area contributed by atoms with Gasteiger partial charge in [0.2, 0.25) is 6.79 Å². The number of rotatable bonds is 4.